The number of carbonyl (C=O) groups excluding carboxylic acids is 2. The number of esters is 1. The minimum atomic E-state index is -1.91. The van der Waals surface area contributed by atoms with E-state index in [4.69, 9.17) is 18.9 Å². The fraction of sp³-hybridized carbons (Fsp3) is 0.200. The standard InChI is InChI=1S/C26H20N2O5S.C9H8O2/c1-31-19-6-4-18(5-7-19)26(30)20(13-15-2-9-23-16(12-15)10-11-32-23)24(25(29)33-26)17-3-8-21-22(14-17)28-34-27-21;10-6-7-1-2-9-8(5-7)3-4-11-9/h2-9,12,14,30H,10-11,13H2,1H3;1-2,5-6H,3-4H2. The van der Waals surface area contributed by atoms with E-state index in [1.165, 1.54) is 0 Å². The van der Waals surface area contributed by atoms with Crippen LogP contribution in [0.1, 0.15) is 38.2 Å². The van der Waals surface area contributed by atoms with Gasteiger partial charge in [0, 0.05) is 36.0 Å². The number of aliphatic hydroxyl groups is 1. The van der Waals surface area contributed by atoms with Gasteiger partial charge in [-0.25, -0.2) is 4.79 Å². The number of methoxy groups -OCH3 is 1. The average molecular weight is 621 g/mol. The molecule has 0 aliphatic carbocycles. The number of hydrogen-bond acceptors (Lipinski definition) is 10. The van der Waals surface area contributed by atoms with Crippen LogP contribution in [-0.2, 0) is 34.6 Å². The van der Waals surface area contributed by atoms with Crippen LogP contribution in [-0.4, -0.2) is 46.4 Å². The summed E-state index contributed by atoms with van der Waals surface area (Å²) in [6.07, 6.45) is 2.95. The van der Waals surface area contributed by atoms with Crippen molar-refractivity contribution in [2.24, 2.45) is 0 Å². The second-order valence-electron chi connectivity index (χ2n) is 10.9. The van der Waals surface area contributed by atoms with Crippen LogP contribution in [0.15, 0.2) is 84.4 Å². The molecule has 10 heteroatoms. The van der Waals surface area contributed by atoms with Gasteiger partial charge in [-0.05, 0) is 82.9 Å². The van der Waals surface area contributed by atoms with E-state index in [2.05, 4.69) is 14.8 Å². The number of carbonyl (C=O) groups is 2. The predicted octanol–water partition coefficient (Wildman–Crippen LogP) is 5.47. The predicted molar refractivity (Wildman–Crippen MR) is 168 cm³/mol. The van der Waals surface area contributed by atoms with Crippen LogP contribution in [0.3, 0.4) is 0 Å². The molecule has 5 aromatic rings. The number of ether oxygens (including phenoxy) is 4. The fourth-order valence-electron chi connectivity index (χ4n) is 5.86. The zero-order chi connectivity index (χ0) is 31.0. The number of hydrogen-bond donors (Lipinski definition) is 1. The van der Waals surface area contributed by atoms with Crippen LogP contribution < -0.4 is 14.2 Å². The maximum Gasteiger partial charge on any atom is 0.342 e. The summed E-state index contributed by atoms with van der Waals surface area (Å²) in [5, 5.41) is 11.8. The third-order valence-electron chi connectivity index (χ3n) is 8.16. The Labute approximate surface area is 263 Å². The van der Waals surface area contributed by atoms with Crippen molar-refractivity contribution in [3.8, 4) is 17.2 Å². The summed E-state index contributed by atoms with van der Waals surface area (Å²) in [5.74, 6) is -0.0502. The average Bonchev–Trinajstić information content (AvgIpc) is 3.87. The van der Waals surface area contributed by atoms with Crippen LogP contribution in [0.2, 0.25) is 0 Å². The third-order valence-corrected chi connectivity index (χ3v) is 8.72. The van der Waals surface area contributed by atoms with Gasteiger partial charge in [-0.3, -0.25) is 4.79 Å². The summed E-state index contributed by atoms with van der Waals surface area (Å²) in [6.45, 7) is 1.41. The molecule has 0 radical (unpaired) electrons. The van der Waals surface area contributed by atoms with Crippen LogP contribution in [0.25, 0.3) is 16.6 Å². The maximum atomic E-state index is 13.2. The zero-order valence-corrected chi connectivity index (χ0v) is 25.1. The first-order valence-electron chi connectivity index (χ1n) is 14.5. The molecule has 4 heterocycles. The van der Waals surface area contributed by atoms with Crippen molar-refractivity contribution in [2.45, 2.75) is 25.0 Å². The largest absolute Gasteiger partial charge is 0.497 e. The van der Waals surface area contributed by atoms with Gasteiger partial charge in [0.05, 0.1) is 37.6 Å². The molecule has 4 aromatic carbocycles. The summed E-state index contributed by atoms with van der Waals surface area (Å²) in [4.78, 5) is 23.6. The molecule has 1 N–H and O–H groups in total. The van der Waals surface area contributed by atoms with Crippen LogP contribution in [0.4, 0.5) is 0 Å². The van der Waals surface area contributed by atoms with E-state index in [-0.39, 0.29) is 0 Å². The normalized spacial score (nSPS) is 18.0. The van der Waals surface area contributed by atoms with E-state index in [1.807, 2.05) is 42.5 Å². The first-order chi connectivity index (χ1) is 21.9. The lowest BCUT2D eigenvalue weighted by Crippen LogP contribution is -2.29. The maximum absolute atomic E-state index is 13.2. The Balaban J connectivity index is 0.000000249. The van der Waals surface area contributed by atoms with Gasteiger partial charge in [0.25, 0.3) is 5.79 Å². The summed E-state index contributed by atoms with van der Waals surface area (Å²) in [6, 6.07) is 23.8. The number of nitrogens with zero attached hydrogens (tertiary/aromatic N) is 2. The molecule has 9 nitrogen and oxygen atoms in total. The molecule has 0 amide bonds. The first-order valence-corrected chi connectivity index (χ1v) is 15.2. The SMILES string of the molecule is COc1ccc(C2(O)OC(=O)C(c3ccc4nsnc4c3)=C2Cc2ccc3c(c2)CCO3)cc1.O=Cc1ccc2c(c1)CCO2. The zero-order valence-electron chi connectivity index (χ0n) is 24.3. The highest BCUT2D eigenvalue weighted by Gasteiger charge is 2.48. The van der Waals surface area contributed by atoms with Gasteiger partial charge in [0.2, 0.25) is 0 Å². The Morgan fingerprint density at radius 1 is 0.889 bits per heavy atom. The Hall–Kier alpha value is -5.06. The molecule has 226 valence electrons. The van der Waals surface area contributed by atoms with E-state index >= 15 is 0 Å². The molecule has 1 atom stereocenters. The molecule has 0 saturated heterocycles. The molecule has 0 bridgehead atoms. The topological polar surface area (TPSA) is 117 Å². The number of aromatic nitrogens is 2. The van der Waals surface area contributed by atoms with Crippen molar-refractivity contribution in [2.75, 3.05) is 20.3 Å². The van der Waals surface area contributed by atoms with Gasteiger partial charge in [-0.1, -0.05) is 18.2 Å². The summed E-state index contributed by atoms with van der Waals surface area (Å²) in [5.41, 5.74) is 7.30. The van der Waals surface area contributed by atoms with Crippen LogP contribution in [0, 0.1) is 0 Å². The molecule has 0 fully saturated rings. The Bertz CT molecular complexity index is 1970. The highest BCUT2D eigenvalue weighted by molar-refractivity contribution is 7.00. The highest BCUT2D eigenvalue weighted by atomic mass is 32.1. The Kier molecular flexibility index (Phi) is 7.52. The second kappa shape index (κ2) is 11.8. The monoisotopic (exact) mass is 620 g/mol. The van der Waals surface area contributed by atoms with Gasteiger partial charge in [0.1, 0.15) is 34.6 Å². The minimum absolute atomic E-state index is 0.324. The van der Waals surface area contributed by atoms with E-state index < -0.39 is 11.8 Å². The van der Waals surface area contributed by atoms with E-state index in [0.717, 1.165) is 76.7 Å². The lowest BCUT2D eigenvalue weighted by Gasteiger charge is -2.26. The lowest BCUT2D eigenvalue weighted by atomic mass is 9.87. The van der Waals surface area contributed by atoms with Crippen molar-refractivity contribution in [3.05, 3.63) is 118 Å². The van der Waals surface area contributed by atoms with Gasteiger partial charge in [0.15, 0.2) is 0 Å². The number of fused-ring (bicyclic) bond motifs is 3. The fourth-order valence-corrected chi connectivity index (χ4v) is 6.38. The van der Waals surface area contributed by atoms with E-state index in [9.17, 15) is 14.7 Å². The summed E-state index contributed by atoms with van der Waals surface area (Å²) in [7, 11) is 1.57. The van der Waals surface area contributed by atoms with Crippen molar-refractivity contribution in [3.63, 3.8) is 0 Å². The highest BCUT2D eigenvalue weighted by Crippen LogP contribution is 2.45. The number of benzene rings is 4. The van der Waals surface area contributed by atoms with Crippen molar-refractivity contribution < 1.29 is 33.6 Å². The molecular weight excluding hydrogens is 592 g/mol. The molecule has 3 aliphatic heterocycles. The Morgan fingerprint density at radius 2 is 1.60 bits per heavy atom. The van der Waals surface area contributed by atoms with Gasteiger partial charge >= 0.3 is 5.97 Å². The van der Waals surface area contributed by atoms with Gasteiger partial charge < -0.3 is 24.1 Å². The molecule has 1 unspecified atom stereocenters. The molecule has 1 aromatic heterocycles. The Morgan fingerprint density at radius 3 is 2.33 bits per heavy atom. The quantitative estimate of drug-likeness (QED) is 0.195. The second-order valence-corrected chi connectivity index (χ2v) is 11.4. The molecule has 0 saturated carbocycles. The van der Waals surface area contributed by atoms with Crippen molar-refractivity contribution in [1.29, 1.82) is 0 Å². The van der Waals surface area contributed by atoms with Crippen molar-refractivity contribution >= 4 is 40.6 Å². The minimum Gasteiger partial charge on any atom is -0.497 e. The molecule has 3 aliphatic rings. The van der Waals surface area contributed by atoms with Crippen molar-refractivity contribution in [1.82, 2.24) is 8.75 Å². The van der Waals surface area contributed by atoms with Crippen LogP contribution >= 0.6 is 11.7 Å². The lowest BCUT2D eigenvalue weighted by molar-refractivity contribution is -0.185. The number of rotatable bonds is 6. The summed E-state index contributed by atoms with van der Waals surface area (Å²) < 4.78 is 30.4. The molecular formula is C35H28N2O7S. The smallest absolute Gasteiger partial charge is 0.342 e. The van der Waals surface area contributed by atoms with Gasteiger partial charge in [-0.2, -0.15) is 8.75 Å². The third kappa shape index (κ3) is 5.43. The number of aldehydes is 1. The van der Waals surface area contributed by atoms with Gasteiger partial charge in [-0.15, -0.1) is 0 Å². The molecule has 45 heavy (non-hydrogen) atoms. The first kappa shape index (κ1) is 28.7. The number of cyclic esters (lactones) is 1. The summed E-state index contributed by atoms with van der Waals surface area (Å²) >= 11 is 1.11. The molecule has 8 rings (SSSR count). The van der Waals surface area contributed by atoms with E-state index in [1.54, 1.807) is 37.4 Å². The molecule has 0 spiro atoms. The van der Waals surface area contributed by atoms with E-state index in [0.29, 0.717) is 46.6 Å². The van der Waals surface area contributed by atoms with Crippen LogP contribution in [0.5, 0.6) is 17.2 Å².